The van der Waals surface area contributed by atoms with E-state index in [0.717, 1.165) is 4.47 Å². The third-order valence-corrected chi connectivity index (χ3v) is 2.90. The van der Waals surface area contributed by atoms with Crippen molar-refractivity contribution in [3.05, 3.63) is 28.7 Å². The molecule has 0 aliphatic carbocycles. The highest BCUT2D eigenvalue weighted by molar-refractivity contribution is 9.10. The Morgan fingerprint density at radius 3 is 2.16 bits per heavy atom. The lowest BCUT2D eigenvalue weighted by Crippen LogP contribution is -2.42. The molecule has 0 aromatic heterocycles. The van der Waals surface area contributed by atoms with Crippen molar-refractivity contribution in [2.24, 2.45) is 5.41 Å². The third-order valence-electron chi connectivity index (χ3n) is 2.38. The molecule has 1 aromatic rings. The molecule has 1 aromatic carbocycles. The van der Waals surface area contributed by atoms with Crippen molar-refractivity contribution in [2.45, 2.75) is 20.8 Å². The monoisotopic (exact) mass is 327 g/mol. The zero-order valence-electron chi connectivity index (χ0n) is 11.6. The van der Waals surface area contributed by atoms with E-state index in [4.69, 9.17) is 0 Å². The smallest absolute Gasteiger partial charge is 0.397 e. The van der Waals surface area contributed by atoms with Crippen LogP contribution in [0.15, 0.2) is 28.7 Å². The second-order valence-corrected chi connectivity index (χ2v) is 6.34. The molecule has 1 rings (SSSR count). The molecule has 0 spiro atoms. The Morgan fingerprint density at radius 2 is 1.74 bits per heavy atom. The van der Waals surface area contributed by atoms with Crippen molar-refractivity contribution in [3.8, 4) is 0 Å². The first-order chi connectivity index (χ1) is 8.74. The van der Waals surface area contributed by atoms with Crippen LogP contribution in [0.25, 0.3) is 0 Å². The lowest BCUT2D eigenvalue weighted by atomic mass is 9.95. The van der Waals surface area contributed by atoms with Crippen molar-refractivity contribution in [3.63, 3.8) is 0 Å². The van der Waals surface area contributed by atoms with Crippen molar-refractivity contribution in [1.82, 2.24) is 0 Å². The van der Waals surface area contributed by atoms with Crippen molar-refractivity contribution in [2.75, 3.05) is 18.6 Å². The Morgan fingerprint density at radius 1 is 1.21 bits per heavy atom. The first-order valence-electron chi connectivity index (χ1n) is 5.90. The number of esters is 1. The second-order valence-electron chi connectivity index (χ2n) is 5.42. The quantitative estimate of drug-likeness (QED) is 0.619. The number of carbonyl (C=O) groups is 2. The number of rotatable bonds is 2. The van der Waals surface area contributed by atoms with Crippen LogP contribution in [0.3, 0.4) is 0 Å². The molecule has 0 aliphatic heterocycles. The first-order valence-corrected chi connectivity index (χ1v) is 6.69. The molecule has 0 atom stereocenters. The number of methoxy groups -OCH3 is 1. The van der Waals surface area contributed by atoms with Gasteiger partial charge in [0.2, 0.25) is 0 Å². The summed E-state index contributed by atoms with van der Waals surface area (Å²) in [5.74, 6) is -1.51. The van der Waals surface area contributed by atoms with Gasteiger partial charge in [0.1, 0.15) is 0 Å². The number of ether oxygens (including phenoxy) is 1. The van der Waals surface area contributed by atoms with Gasteiger partial charge < -0.3 is 9.64 Å². The van der Waals surface area contributed by atoms with Crippen LogP contribution < -0.4 is 4.90 Å². The lowest BCUT2D eigenvalue weighted by molar-refractivity contribution is -0.151. The summed E-state index contributed by atoms with van der Waals surface area (Å²) in [4.78, 5) is 25.0. The molecule has 0 bridgehead atoms. The standard InChI is InChI=1S/C14H18BrNO3/c1-14(2,3)9-16(12(17)13(18)19-4)11-7-5-10(15)6-8-11/h5-8H,9H2,1-4H3. The molecule has 104 valence electrons. The lowest BCUT2D eigenvalue weighted by Gasteiger charge is -2.29. The van der Waals surface area contributed by atoms with Gasteiger partial charge in [-0.2, -0.15) is 0 Å². The highest BCUT2D eigenvalue weighted by Gasteiger charge is 2.27. The van der Waals surface area contributed by atoms with Gasteiger partial charge in [0.15, 0.2) is 0 Å². The highest BCUT2D eigenvalue weighted by atomic mass is 79.9. The molecule has 5 heteroatoms. The summed E-state index contributed by atoms with van der Waals surface area (Å²) >= 11 is 3.34. The minimum Gasteiger partial charge on any atom is -0.462 e. The van der Waals surface area contributed by atoms with Gasteiger partial charge in [-0.25, -0.2) is 4.79 Å². The molecule has 0 saturated carbocycles. The van der Waals surface area contributed by atoms with Crippen LogP contribution in [0.2, 0.25) is 0 Å². The summed E-state index contributed by atoms with van der Waals surface area (Å²) in [6.45, 7) is 6.44. The molecule has 0 radical (unpaired) electrons. The molecule has 0 fully saturated rings. The van der Waals surface area contributed by atoms with E-state index >= 15 is 0 Å². The van der Waals surface area contributed by atoms with Gasteiger partial charge in [-0.15, -0.1) is 0 Å². The Labute approximate surface area is 121 Å². The van der Waals surface area contributed by atoms with E-state index < -0.39 is 11.9 Å². The van der Waals surface area contributed by atoms with Crippen LogP contribution >= 0.6 is 15.9 Å². The van der Waals surface area contributed by atoms with Gasteiger partial charge in [-0.05, 0) is 29.7 Å². The van der Waals surface area contributed by atoms with Crippen LogP contribution in [0, 0.1) is 5.41 Å². The van der Waals surface area contributed by atoms with E-state index in [-0.39, 0.29) is 5.41 Å². The minimum atomic E-state index is -0.854. The molecule has 0 heterocycles. The van der Waals surface area contributed by atoms with E-state index in [1.165, 1.54) is 12.0 Å². The maximum atomic E-state index is 12.1. The molecule has 4 nitrogen and oxygen atoms in total. The average Bonchev–Trinajstić information content (AvgIpc) is 2.34. The van der Waals surface area contributed by atoms with Gasteiger partial charge in [0, 0.05) is 16.7 Å². The van der Waals surface area contributed by atoms with E-state index in [1.54, 1.807) is 12.1 Å². The average molecular weight is 328 g/mol. The molecule has 1 amide bonds. The summed E-state index contributed by atoms with van der Waals surface area (Å²) in [5.41, 5.74) is 0.546. The van der Waals surface area contributed by atoms with Gasteiger partial charge >= 0.3 is 11.9 Å². The number of anilines is 1. The second kappa shape index (κ2) is 6.19. The summed E-state index contributed by atoms with van der Waals surface area (Å²) in [6, 6.07) is 7.23. The normalized spacial score (nSPS) is 11.0. The fraction of sp³-hybridized carbons (Fsp3) is 0.429. The Bertz CT molecular complexity index is 463. The molecular weight excluding hydrogens is 310 g/mol. The fourth-order valence-electron chi connectivity index (χ4n) is 1.57. The summed E-state index contributed by atoms with van der Waals surface area (Å²) in [5, 5.41) is 0. The SMILES string of the molecule is COC(=O)C(=O)N(CC(C)(C)C)c1ccc(Br)cc1. The maximum Gasteiger partial charge on any atom is 0.397 e. The van der Waals surface area contributed by atoms with Crippen LogP contribution in [0.5, 0.6) is 0 Å². The number of hydrogen-bond donors (Lipinski definition) is 0. The van der Waals surface area contributed by atoms with Gasteiger partial charge in [-0.3, -0.25) is 4.79 Å². The largest absolute Gasteiger partial charge is 0.462 e. The number of hydrogen-bond acceptors (Lipinski definition) is 3. The zero-order chi connectivity index (χ0) is 14.6. The number of amides is 1. The van der Waals surface area contributed by atoms with Crippen LogP contribution in [-0.2, 0) is 14.3 Å². The van der Waals surface area contributed by atoms with E-state index in [1.807, 2.05) is 32.9 Å². The van der Waals surface area contributed by atoms with Gasteiger partial charge in [0.25, 0.3) is 0 Å². The van der Waals surface area contributed by atoms with Crippen LogP contribution in [0.1, 0.15) is 20.8 Å². The Hall–Kier alpha value is -1.36. The fourth-order valence-corrected chi connectivity index (χ4v) is 1.84. The van der Waals surface area contributed by atoms with Gasteiger partial charge in [0.05, 0.1) is 7.11 Å². The summed E-state index contributed by atoms with van der Waals surface area (Å²) < 4.78 is 5.43. The molecule has 0 unspecified atom stereocenters. The Kier molecular flexibility index (Phi) is 5.11. The number of benzene rings is 1. The topological polar surface area (TPSA) is 46.6 Å². The number of carbonyl (C=O) groups excluding carboxylic acids is 2. The number of halogens is 1. The van der Waals surface area contributed by atoms with E-state index in [2.05, 4.69) is 20.7 Å². The third kappa shape index (κ3) is 4.67. The zero-order valence-corrected chi connectivity index (χ0v) is 13.2. The van der Waals surface area contributed by atoms with E-state index in [0.29, 0.717) is 12.2 Å². The van der Waals surface area contributed by atoms with Crippen molar-refractivity contribution in [1.29, 1.82) is 0 Å². The van der Waals surface area contributed by atoms with Crippen LogP contribution in [0.4, 0.5) is 5.69 Å². The number of nitrogens with zero attached hydrogens (tertiary/aromatic N) is 1. The molecule has 19 heavy (non-hydrogen) atoms. The molecule has 0 N–H and O–H groups in total. The summed E-state index contributed by atoms with van der Waals surface area (Å²) in [7, 11) is 1.21. The Balaban J connectivity index is 3.08. The minimum absolute atomic E-state index is 0.128. The molecule has 0 aliphatic rings. The summed E-state index contributed by atoms with van der Waals surface area (Å²) in [6.07, 6.45) is 0. The predicted molar refractivity (Wildman–Crippen MR) is 78.0 cm³/mol. The van der Waals surface area contributed by atoms with Crippen molar-refractivity contribution >= 4 is 33.5 Å². The first kappa shape index (κ1) is 15.7. The van der Waals surface area contributed by atoms with Gasteiger partial charge in [-0.1, -0.05) is 36.7 Å². The van der Waals surface area contributed by atoms with E-state index in [9.17, 15) is 9.59 Å². The molecular formula is C14H18BrNO3. The van der Waals surface area contributed by atoms with Crippen LogP contribution in [-0.4, -0.2) is 25.5 Å². The molecule has 0 saturated heterocycles. The van der Waals surface area contributed by atoms with Crippen molar-refractivity contribution < 1.29 is 14.3 Å². The predicted octanol–water partition coefficient (Wildman–Crippen LogP) is 3.00. The maximum absolute atomic E-state index is 12.1. The highest BCUT2D eigenvalue weighted by Crippen LogP contribution is 2.23.